The van der Waals surface area contributed by atoms with Crippen molar-refractivity contribution < 1.29 is 100 Å². The predicted octanol–water partition coefficient (Wildman–Crippen LogP) is 9.51. The van der Waals surface area contributed by atoms with Gasteiger partial charge in [0.25, 0.3) is 17.5 Å². The normalized spacial score (nSPS) is 19.4. The number of imidazole rings is 1. The smallest absolute Gasteiger partial charge is 0.549 e. The van der Waals surface area contributed by atoms with Crippen LogP contribution >= 0.6 is 24.2 Å². The third kappa shape index (κ3) is 22.6. The first-order valence-electron chi connectivity index (χ1n) is 35.1. The van der Waals surface area contributed by atoms with E-state index in [9.17, 15) is 63.4 Å². The number of hydrogen-bond acceptors (Lipinski definition) is 26. The molecule has 7 atom stereocenters. The molecule has 1 fully saturated rings. The van der Waals surface area contributed by atoms with Gasteiger partial charge in [0.2, 0.25) is 12.2 Å². The summed E-state index contributed by atoms with van der Waals surface area (Å²) in [5.74, 6) is -2.52. The van der Waals surface area contributed by atoms with E-state index >= 15 is 0 Å². The number of carbonyl (C=O) groups excluding carboxylic acids is 2. The van der Waals surface area contributed by atoms with Crippen molar-refractivity contribution in [3.8, 4) is 0 Å². The van der Waals surface area contributed by atoms with Crippen LogP contribution in [0.25, 0.3) is 11.2 Å². The molecule has 5 heterocycles. The molecule has 0 bridgehead atoms. The maximum Gasteiger partial charge on any atom is 0.549 e. The third-order valence-electron chi connectivity index (χ3n) is 18.3. The summed E-state index contributed by atoms with van der Waals surface area (Å²) in [6.45, 7) is 8.91. The van der Waals surface area contributed by atoms with E-state index in [0.29, 0.717) is 76.6 Å². The number of azo groups is 1. The van der Waals surface area contributed by atoms with Gasteiger partial charge in [0.1, 0.15) is 36.8 Å². The average Bonchev–Trinajstić information content (AvgIpc) is 1.60. The number of aromatic nitrogens is 4. The van der Waals surface area contributed by atoms with Gasteiger partial charge in [-0.25, -0.2) is 19.5 Å². The fourth-order valence-corrected chi connectivity index (χ4v) is 16.4. The van der Waals surface area contributed by atoms with Crippen molar-refractivity contribution in [1.29, 1.82) is 0 Å². The van der Waals surface area contributed by atoms with Crippen molar-refractivity contribution in [2.24, 2.45) is 10.2 Å². The fraction of sp³-hybridized carbons (Fsp3) is 0.457. The van der Waals surface area contributed by atoms with Crippen molar-refractivity contribution in [3.05, 3.63) is 154 Å². The van der Waals surface area contributed by atoms with Crippen LogP contribution in [-0.4, -0.2) is 159 Å². The lowest BCUT2D eigenvalue weighted by atomic mass is 9.81. The number of aliphatic hydroxyl groups is 1. The summed E-state index contributed by atoms with van der Waals surface area (Å²) in [5.41, 5.74) is 12.7. The van der Waals surface area contributed by atoms with Gasteiger partial charge in [-0.2, -0.15) is 28.5 Å². The number of phosphoric ester groups is 2. The van der Waals surface area contributed by atoms with Gasteiger partial charge in [-0.05, 0) is 107 Å². The Hall–Kier alpha value is -8.53. The Morgan fingerprint density at radius 3 is 2.15 bits per heavy atom. The number of phosphoric acid groups is 3. The van der Waals surface area contributed by atoms with Gasteiger partial charge in [-0.3, -0.25) is 38.8 Å². The number of allylic oxidation sites excluding steroid dienone is 4. The molecule has 6 aromatic rings. The number of nitrogens with one attached hydrogen (secondary N) is 3. The number of ether oxygens (including phenoxy) is 2. The maximum atomic E-state index is 13.6. The van der Waals surface area contributed by atoms with Crippen LogP contribution in [0.2, 0.25) is 0 Å². The molecule has 3 aliphatic heterocycles. The second-order valence-electron chi connectivity index (χ2n) is 26.8. The van der Waals surface area contributed by atoms with Crippen LogP contribution < -0.4 is 36.4 Å². The Morgan fingerprint density at radius 2 is 1.43 bits per heavy atom. The molecule has 0 radical (unpaired) electrons. The molecule has 0 aliphatic carbocycles. The molecule has 576 valence electrons. The number of nitro benzene ring substituents is 1. The number of carbonyl (C=O) groups is 4. The molecule has 4 aromatic carbocycles. The van der Waals surface area contributed by atoms with Gasteiger partial charge in [0.05, 0.1) is 40.2 Å². The summed E-state index contributed by atoms with van der Waals surface area (Å²) in [5, 5.41) is 58.5. The number of non-ortho nitro benzene ring substituents is 1. The Labute approximate surface area is 618 Å². The van der Waals surface area contributed by atoms with Crippen LogP contribution in [0.1, 0.15) is 145 Å². The van der Waals surface area contributed by atoms with Crippen LogP contribution in [0.5, 0.6) is 0 Å². The number of nitro groups is 1. The number of benzene rings is 4. The zero-order valence-corrected chi connectivity index (χ0v) is 62.3. The SMILES string of the molecule is CC1(C)C(=CC=CC2=[N+](CC(=O)NCCCCCCO[P+]([O-])(O)OP(=O)(O)O[P+]([O-])(O)OC[C@H]3O[C@@H](n4cnc5c(N)ncnc54)[C@H](OCCCCCCNC(=O)c4cc([N+](=O)[O-])ccc4N=Nc4ccc(NCCCC(=O)O)cc4)[C@@H]3O)c3ccccc3C2(C)C)N(CCCCCC(=O)O)c2ccccc21. The second kappa shape index (κ2) is 37.5. The second-order valence-corrected chi connectivity index (χ2v) is 31.4. The van der Waals surface area contributed by atoms with E-state index in [4.69, 9.17) is 34.5 Å². The minimum absolute atomic E-state index is 0.0167. The highest BCUT2D eigenvalue weighted by molar-refractivity contribution is 7.69. The number of aliphatic hydroxyl groups excluding tert-OH is 1. The van der Waals surface area contributed by atoms with Crippen molar-refractivity contribution in [1.82, 2.24) is 30.2 Å². The van der Waals surface area contributed by atoms with E-state index in [0.717, 1.165) is 65.8 Å². The minimum Gasteiger partial charge on any atom is -0.606 e. The molecule has 1 saturated heterocycles. The molecule has 3 unspecified atom stereocenters. The Kier molecular flexibility index (Phi) is 28.9. The largest absolute Gasteiger partial charge is 0.606 e. The molecule has 34 nitrogen and oxygen atoms in total. The zero-order valence-electron chi connectivity index (χ0n) is 59.7. The standard InChI is InChI=1S/C70H90N13O21P3/c1-69(2)51-22-11-13-24-54(51)80(39-17-9-10-28-60(85)86)57(69)26-20-27-58-70(3,4)52-23-12-14-25-55(52)81(58)43-59(84)73-36-15-6-8-19-41-100-105(93,94)103-107(97,98)104-106(95,96)101-44-56-63(89)64(68(102-56)82-46-77-62-65(71)75-45-76-66(62)82)99-40-18-7-5-16-37-74-67(90)50-42-49(83(91)92)34-35-53(50)79-78-48-32-30-47(31-33-48)72-38-21-29-61(87)88/h11-14,20,22-27,30-35,42,45-46,56,63-64,68,89H,5-10,15-19,21,28-29,36-41,43-44H2,1-4H3,(H9-,71,72,73,74,75,76,79,84,85,86,87,88,90,93,94,95,96,97,98)/p+1/t56-,63-,64-,68-/m1/s1. The molecule has 0 saturated carbocycles. The first kappa shape index (κ1) is 82.5. The van der Waals surface area contributed by atoms with E-state index in [1.54, 1.807) is 24.3 Å². The number of para-hydroxylation sites is 2. The topological polar surface area (TPSA) is 488 Å². The molecular formula is C70H91N13O21P3+. The van der Waals surface area contributed by atoms with Gasteiger partial charge in [-0.1, -0.05) is 97.0 Å². The van der Waals surface area contributed by atoms with Crippen molar-refractivity contribution in [2.75, 3.05) is 68.5 Å². The van der Waals surface area contributed by atoms with Crippen LogP contribution in [0.4, 0.5) is 39.9 Å². The highest BCUT2D eigenvalue weighted by Crippen LogP contribution is 2.70. The molecule has 0 spiro atoms. The van der Waals surface area contributed by atoms with Crippen molar-refractivity contribution in [3.63, 3.8) is 0 Å². The number of unbranched alkanes of at least 4 members (excludes halogenated alkanes) is 8. The molecule has 2 amide bonds. The van der Waals surface area contributed by atoms with E-state index in [-0.39, 0.29) is 84.2 Å². The molecule has 9 rings (SSSR count). The summed E-state index contributed by atoms with van der Waals surface area (Å²) in [7, 11) is -17.0. The van der Waals surface area contributed by atoms with Crippen molar-refractivity contribution >= 4 is 105 Å². The number of carboxylic acid groups (broad SMARTS) is 2. The van der Waals surface area contributed by atoms with E-state index in [2.05, 4.69) is 113 Å². The van der Waals surface area contributed by atoms with Crippen LogP contribution in [0.3, 0.4) is 0 Å². The lowest BCUT2D eigenvalue weighted by Gasteiger charge is -2.27. The molecule has 11 N–H and O–H groups in total. The first-order valence-corrected chi connectivity index (χ1v) is 39.5. The van der Waals surface area contributed by atoms with E-state index in [1.165, 1.54) is 28.6 Å². The fourth-order valence-electron chi connectivity index (χ4n) is 12.9. The quantitative estimate of drug-likeness (QED) is 0.00425. The maximum absolute atomic E-state index is 13.6. The van der Waals surface area contributed by atoms with Crippen molar-refractivity contribution in [2.45, 2.75) is 153 Å². The van der Waals surface area contributed by atoms with Gasteiger partial charge >= 0.3 is 36.1 Å². The number of anilines is 3. The molecule has 37 heteroatoms. The number of hydrogen-bond donors (Lipinski definition) is 10. The lowest BCUT2D eigenvalue weighted by molar-refractivity contribution is -0.425. The molecule has 107 heavy (non-hydrogen) atoms. The summed E-state index contributed by atoms with van der Waals surface area (Å²) in [6, 6.07) is 26.6. The first-order chi connectivity index (χ1) is 50.9. The molecule has 2 aromatic heterocycles. The number of nitrogens with two attached hydrogens (primary N) is 1. The number of aliphatic carboxylic acids is 2. The Balaban J connectivity index is 0.699. The summed E-state index contributed by atoms with van der Waals surface area (Å²) >= 11 is 0. The summed E-state index contributed by atoms with van der Waals surface area (Å²) < 4.78 is 47.0. The Morgan fingerprint density at radius 1 is 0.776 bits per heavy atom. The monoisotopic (exact) mass is 1540 g/mol. The molecule has 3 aliphatic rings. The number of carboxylic acids is 2. The highest BCUT2D eigenvalue weighted by atomic mass is 31.3. The number of rotatable bonds is 43. The van der Waals surface area contributed by atoms with Gasteiger partial charge < -0.3 is 61.2 Å². The third-order valence-corrected chi connectivity index (χ3v) is 22.5. The number of nitrogen functional groups attached to an aromatic ring is 1. The van der Waals surface area contributed by atoms with Gasteiger partial charge in [0.15, 0.2) is 23.4 Å². The predicted molar refractivity (Wildman–Crippen MR) is 392 cm³/mol. The summed E-state index contributed by atoms with van der Waals surface area (Å²) in [6.07, 6.45) is 9.49. The highest BCUT2D eigenvalue weighted by Gasteiger charge is 2.52. The number of nitrogens with zero attached hydrogens (tertiary/aromatic N) is 9. The minimum atomic E-state index is -5.91. The van der Waals surface area contributed by atoms with Gasteiger partial charge in [-0.15, -0.1) is 5.11 Å². The van der Waals surface area contributed by atoms with Crippen LogP contribution in [0.15, 0.2) is 138 Å². The van der Waals surface area contributed by atoms with Gasteiger partial charge in [0, 0.05) is 98.0 Å². The summed E-state index contributed by atoms with van der Waals surface area (Å²) in [4.78, 5) is 132. The molecular weight excluding hydrogens is 1450 g/mol. The zero-order chi connectivity index (χ0) is 77.1. The Bertz CT molecular complexity index is 4290. The van der Waals surface area contributed by atoms with Crippen LogP contribution in [-0.2, 0) is 56.9 Å². The number of fused-ring (bicyclic) bond motifs is 3. The van der Waals surface area contributed by atoms with E-state index < -0.39 is 90.1 Å². The van der Waals surface area contributed by atoms with Crippen LogP contribution in [0, 0.1) is 10.1 Å². The van der Waals surface area contributed by atoms with E-state index in [1.807, 2.05) is 41.0 Å². The lowest BCUT2D eigenvalue weighted by Crippen LogP contribution is -2.36. The average molecular weight is 1540 g/mol. The number of amides is 2.